The zero-order valence-electron chi connectivity index (χ0n) is 16.4. The third-order valence-electron chi connectivity index (χ3n) is 3.31. The molecule has 0 aromatic carbocycles. The van der Waals surface area contributed by atoms with E-state index in [1.165, 1.54) is 11.3 Å². The molecule has 0 amide bonds. The molecule has 0 aliphatic rings. The van der Waals surface area contributed by atoms with Gasteiger partial charge >= 0.3 is 15.6 Å². The lowest BCUT2D eigenvalue weighted by Crippen LogP contribution is -3.00. The van der Waals surface area contributed by atoms with Crippen LogP contribution in [0.25, 0.3) is 0 Å². The Morgan fingerprint density at radius 3 is 2.26 bits per heavy atom. The highest BCUT2D eigenvalue weighted by molar-refractivity contribution is 7.60. The van der Waals surface area contributed by atoms with E-state index in [0.717, 1.165) is 16.1 Å². The van der Waals surface area contributed by atoms with Gasteiger partial charge in [0, 0.05) is 19.5 Å². The lowest BCUT2D eigenvalue weighted by Gasteiger charge is -2.11. The number of aromatic nitrogens is 3. The van der Waals surface area contributed by atoms with E-state index in [2.05, 4.69) is 18.8 Å². The minimum Gasteiger partial charge on any atom is -1.00 e. The average molecular weight is 533 g/mol. The number of nitrogens with zero attached hydrogens (tertiary/aromatic N) is 3. The summed E-state index contributed by atoms with van der Waals surface area (Å²) < 4.78 is 32.2. The Morgan fingerprint density at radius 2 is 1.74 bits per heavy atom. The predicted octanol–water partition coefficient (Wildman–Crippen LogP) is -5.45. The largest absolute Gasteiger partial charge is 1.00 e. The van der Waals surface area contributed by atoms with Crippen LogP contribution in [0.1, 0.15) is 22.0 Å². The number of nitrogen functional groups attached to an aromatic ring is 1. The summed E-state index contributed by atoms with van der Waals surface area (Å²) >= 11 is 1.40. The van der Waals surface area contributed by atoms with E-state index in [1.807, 2.05) is 17.0 Å². The molecule has 0 saturated heterocycles. The average Bonchev–Trinajstić information content (AvgIpc) is 2.80. The number of thiazole rings is 1. The van der Waals surface area contributed by atoms with E-state index >= 15 is 0 Å². The van der Waals surface area contributed by atoms with Crippen LogP contribution in [0.4, 0.5) is 5.82 Å². The van der Waals surface area contributed by atoms with Crippen LogP contribution in [0.3, 0.4) is 0 Å². The molecule has 0 aliphatic carbocycles. The van der Waals surface area contributed by atoms with E-state index in [0.29, 0.717) is 18.2 Å². The molecule has 184 valence electrons. The second-order valence-electron chi connectivity index (χ2n) is 5.31. The molecule has 2 rings (SSSR count). The molecule has 19 heteroatoms. The van der Waals surface area contributed by atoms with E-state index in [1.54, 1.807) is 13.1 Å². The lowest BCUT2D eigenvalue weighted by molar-refractivity contribution is -0.689. The molecule has 2 aromatic heterocycles. The van der Waals surface area contributed by atoms with Crippen molar-refractivity contribution in [1.29, 1.82) is 0 Å². The first kappa shape index (κ1) is 37.2. The van der Waals surface area contributed by atoms with Crippen molar-refractivity contribution in [3.63, 3.8) is 0 Å². The van der Waals surface area contributed by atoms with Crippen molar-refractivity contribution in [3.05, 3.63) is 33.7 Å². The van der Waals surface area contributed by atoms with E-state index in [9.17, 15) is 14.0 Å². The molecule has 0 spiro atoms. The van der Waals surface area contributed by atoms with Crippen LogP contribution in [0.5, 0.6) is 0 Å². The molecule has 0 fully saturated rings. The highest BCUT2D eigenvalue weighted by Crippen LogP contribution is 2.57. The number of hydrogen-bond acceptors (Lipinski definition) is 8. The van der Waals surface area contributed by atoms with Crippen molar-refractivity contribution in [3.8, 4) is 0 Å². The number of anilines is 1. The fraction of sp³-hybridized carbons (Fsp3) is 0.417. The SMILES string of the molecule is Cc1ncc(C[n+]2csc(CCOP(=O)(O)OP(=O)(O)O)c2C)c(N)n1.O.O.O.O.[Cl-]. The summed E-state index contributed by atoms with van der Waals surface area (Å²) in [6, 6.07) is 0. The maximum atomic E-state index is 11.4. The van der Waals surface area contributed by atoms with Crippen molar-refractivity contribution < 1.29 is 71.5 Å². The van der Waals surface area contributed by atoms with Crippen LogP contribution in [0.2, 0.25) is 0 Å². The first-order valence-corrected chi connectivity index (χ1v) is 11.2. The second-order valence-corrected chi connectivity index (χ2v) is 9.08. The van der Waals surface area contributed by atoms with Gasteiger partial charge in [-0.25, -0.2) is 19.1 Å². The van der Waals surface area contributed by atoms with Crippen LogP contribution < -0.4 is 22.7 Å². The van der Waals surface area contributed by atoms with Crippen molar-refractivity contribution in [2.24, 2.45) is 0 Å². The molecule has 0 saturated carbocycles. The molecular formula is C12H27ClN4O11P2S. The maximum absolute atomic E-state index is 11.4. The van der Waals surface area contributed by atoms with Gasteiger partial charge < -0.3 is 54.7 Å². The van der Waals surface area contributed by atoms with Gasteiger partial charge in [-0.3, -0.25) is 4.52 Å². The Hall–Kier alpha value is -1.10. The molecule has 15 nitrogen and oxygen atoms in total. The minimum absolute atomic E-state index is 0. The first-order valence-electron chi connectivity index (χ1n) is 7.25. The highest BCUT2D eigenvalue weighted by atomic mass is 35.5. The van der Waals surface area contributed by atoms with Crippen molar-refractivity contribution >= 4 is 32.8 Å². The van der Waals surface area contributed by atoms with Gasteiger partial charge in [0.1, 0.15) is 11.6 Å². The Bertz CT molecular complexity index is 897. The summed E-state index contributed by atoms with van der Waals surface area (Å²) in [4.78, 5) is 35.4. The molecule has 13 N–H and O–H groups in total. The standard InChI is InChI=1S/C12H18N4O7P2S.ClH.4H2O/c1-8-11(3-4-22-25(20,21)23-24(17,18)19)26-7-16(8)6-10-5-14-9(2)15-12(10)13;;;;;/h5,7H,3-4,6H2,1-2H3,(H4-,13,14,15,17,18,19,20,21);1H;4*1H2. The zero-order chi connectivity index (χ0) is 19.5. The normalized spacial score (nSPS) is 12.0. The van der Waals surface area contributed by atoms with Crippen molar-refractivity contribution in [2.45, 2.75) is 26.8 Å². The number of phosphoric ester groups is 1. The predicted molar refractivity (Wildman–Crippen MR) is 107 cm³/mol. The van der Waals surface area contributed by atoms with Gasteiger partial charge in [-0.1, -0.05) is 11.3 Å². The van der Waals surface area contributed by atoms with Gasteiger partial charge in [0.25, 0.3) is 0 Å². The minimum atomic E-state index is -5.12. The Kier molecular flexibility index (Phi) is 17.9. The van der Waals surface area contributed by atoms with Gasteiger partial charge in [0.05, 0.1) is 17.0 Å². The second kappa shape index (κ2) is 14.9. The van der Waals surface area contributed by atoms with E-state index < -0.39 is 15.6 Å². The van der Waals surface area contributed by atoms with Crippen molar-refractivity contribution in [1.82, 2.24) is 9.97 Å². The monoisotopic (exact) mass is 532 g/mol. The van der Waals surface area contributed by atoms with Crippen LogP contribution in [0.15, 0.2) is 11.7 Å². The molecular weight excluding hydrogens is 506 g/mol. The fourth-order valence-electron chi connectivity index (χ4n) is 2.08. The molecule has 0 bridgehead atoms. The summed E-state index contributed by atoms with van der Waals surface area (Å²) in [7, 11) is -9.94. The molecule has 31 heavy (non-hydrogen) atoms. The van der Waals surface area contributed by atoms with Gasteiger partial charge in [0.15, 0.2) is 12.2 Å². The van der Waals surface area contributed by atoms with Crippen LogP contribution in [0, 0.1) is 13.8 Å². The third kappa shape index (κ3) is 11.9. The van der Waals surface area contributed by atoms with Crippen molar-refractivity contribution in [2.75, 3.05) is 12.3 Å². The number of halogens is 1. The molecule has 0 radical (unpaired) electrons. The summed E-state index contributed by atoms with van der Waals surface area (Å²) in [5.74, 6) is 0.985. The molecule has 1 atom stereocenters. The zero-order valence-corrected chi connectivity index (χ0v) is 19.7. The molecule has 2 heterocycles. The first-order chi connectivity index (χ1) is 12.0. The number of rotatable bonds is 8. The van der Waals surface area contributed by atoms with Crippen LogP contribution in [-0.4, -0.2) is 53.2 Å². The molecule has 1 unspecified atom stereocenters. The summed E-state index contributed by atoms with van der Waals surface area (Å²) in [6.45, 7) is 3.83. The maximum Gasteiger partial charge on any atom is 0.481 e. The van der Waals surface area contributed by atoms with E-state index in [-0.39, 0.29) is 47.3 Å². The third-order valence-corrected chi connectivity index (χ3v) is 6.64. The highest BCUT2D eigenvalue weighted by Gasteiger charge is 2.32. The summed E-state index contributed by atoms with van der Waals surface area (Å²) in [5, 5.41) is 0. The van der Waals surface area contributed by atoms with Gasteiger partial charge in [-0.15, -0.1) is 0 Å². The number of phosphoric acid groups is 2. The number of nitrogens with two attached hydrogens (primary N) is 1. The topological polar surface area (TPSA) is 295 Å². The van der Waals surface area contributed by atoms with Crippen LogP contribution in [-0.2, 0) is 30.9 Å². The van der Waals surface area contributed by atoms with Gasteiger partial charge in [0.2, 0.25) is 5.51 Å². The van der Waals surface area contributed by atoms with Gasteiger partial charge in [-0.2, -0.15) is 8.88 Å². The quantitative estimate of drug-likeness (QED) is 0.184. The lowest BCUT2D eigenvalue weighted by atomic mass is 10.2. The fourth-order valence-corrected chi connectivity index (χ4v) is 4.64. The Balaban J connectivity index is -0.000000729. The van der Waals surface area contributed by atoms with E-state index in [4.69, 9.17) is 15.5 Å². The van der Waals surface area contributed by atoms with Gasteiger partial charge in [-0.05, 0) is 6.92 Å². The molecule has 0 aliphatic heterocycles. The number of hydrogen-bond donors (Lipinski definition) is 4. The molecule has 2 aromatic rings. The Morgan fingerprint density at radius 1 is 1.16 bits per heavy atom. The summed E-state index contributed by atoms with van der Waals surface area (Å²) in [6.07, 6.45) is 1.92. The summed E-state index contributed by atoms with van der Waals surface area (Å²) in [5.41, 5.74) is 9.40. The Labute approximate surface area is 187 Å². The van der Waals surface area contributed by atoms with Crippen LogP contribution >= 0.6 is 27.0 Å². The smallest absolute Gasteiger partial charge is 0.481 e. The number of aryl methyl sites for hydroxylation is 1.